The summed E-state index contributed by atoms with van der Waals surface area (Å²) in [5.41, 5.74) is 3.85. The van der Waals surface area contributed by atoms with Gasteiger partial charge in [-0.1, -0.05) is 12.1 Å². The largest absolute Gasteiger partial charge is 0.385 e. The fourth-order valence-corrected chi connectivity index (χ4v) is 2.34. The molecule has 1 aliphatic rings. The molecule has 92 valence electrons. The summed E-state index contributed by atoms with van der Waals surface area (Å²) in [7, 11) is 2.05. The van der Waals surface area contributed by atoms with Gasteiger partial charge < -0.3 is 10.2 Å². The molecule has 0 atom stereocenters. The van der Waals surface area contributed by atoms with Crippen molar-refractivity contribution < 1.29 is 0 Å². The number of aromatic nitrogens is 1. The number of hydrogen-bond acceptors (Lipinski definition) is 3. The molecule has 3 rings (SSSR count). The fourth-order valence-electron chi connectivity index (χ4n) is 2.34. The van der Waals surface area contributed by atoms with E-state index in [-0.39, 0.29) is 0 Å². The molecule has 18 heavy (non-hydrogen) atoms. The Bertz CT molecular complexity index is 537. The Morgan fingerprint density at radius 1 is 1.22 bits per heavy atom. The van der Waals surface area contributed by atoms with E-state index in [0.29, 0.717) is 0 Å². The SMILES string of the molecule is CN(c1ccc2c(c1)NCCC2)c1ccccn1. The molecule has 0 aliphatic carbocycles. The van der Waals surface area contributed by atoms with Crippen LogP contribution in [-0.2, 0) is 6.42 Å². The van der Waals surface area contributed by atoms with E-state index in [0.717, 1.165) is 12.4 Å². The van der Waals surface area contributed by atoms with Crippen molar-refractivity contribution in [1.82, 2.24) is 4.98 Å². The van der Waals surface area contributed by atoms with Crippen LogP contribution in [0.5, 0.6) is 0 Å². The molecule has 0 radical (unpaired) electrons. The lowest BCUT2D eigenvalue weighted by molar-refractivity contribution is 0.830. The normalized spacial score (nSPS) is 13.6. The molecule has 0 amide bonds. The van der Waals surface area contributed by atoms with Gasteiger partial charge in [-0.15, -0.1) is 0 Å². The van der Waals surface area contributed by atoms with Gasteiger partial charge in [0.05, 0.1) is 0 Å². The average Bonchev–Trinajstić information content (AvgIpc) is 2.47. The van der Waals surface area contributed by atoms with Gasteiger partial charge in [0.2, 0.25) is 0 Å². The summed E-state index contributed by atoms with van der Waals surface area (Å²) >= 11 is 0. The highest BCUT2D eigenvalue weighted by Gasteiger charge is 2.11. The molecule has 0 unspecified atom stereocenters. The molecular weight excluding hydrogens is 222 g/mol. The zero-order valence-corrected chi connectivity index (χ0v) is 10.6. The Morgan fingerprint density at radius 2 is 2.17 bits per heavy atom. The van der Waals surface area contributed by atoms with Crippen LogP contribution in [0.4, 0.5) is 17.2 Å². The molecule has 1 aromatic heterocycles. The summed E-state index contributed by atoms with van der Waals surface area (Å²) in [6, 6.07) is 12.6. The first-order chi connectivity index (χ1) is 8.84. The quantitative estimate of drug-likeness (QED) is 0.872. The highest BCUT2D eigenvalue weighted by atomic mass is 15.2. The highest BCUT2D eigenvalue weighted by Crippen LogP contribution is 2.29. The molecular formula is C15H17N3. The second kappa shape index (κ2) is 4.69. The van der Waals surface area contributed by atoms with Crippen LogP contribution < -0.4 is 10.2 Å². The number of nitrogens with zero attached hydrogens (tertiary/aromatic N) is 2. The van der Waals surface area contributed by atoms with Gasteiger partial charge in [-0.05, 0) is 42.7 Å². The van der Waals surface area contributed by atoms with E-state index in [9.17, 15) is 0 Å². The minimum absolute atomic E-state index is 0.966. The summed E-state index contributed by atoms with van der Waals surface area (Å²) in [6.45, 7) is 1.07. The predicted octanol–water partition coefficient (Wildman–Crippen LogP) is 3.21. The fraction of sp³-hybridized carbons (Fsp3) is 0.267. The zero-order chi connectivity index (χ0) is 12.4. The second-order valence-corrected chi connectivity index (χ2v) is 4.62. The molecule has 2 aromatic rings. The van der Waals surface area contributed by atoms with Crippen molar-refractivity contribution in [1.29, 1.82) is 0 Å². The molecule has 1 aliphatic heterocycles. The number of fused-ring (bicyclic) bond motifs is 1. The number of hydrogen-bond donors (Lipinski definition) is 1. The van der Waals surface area contributed by atoms with Crippen LogP contribution in [0, 0.1) is 0 Å². The summed E-state index contributed by atoms with van der Waals surface area (Å²) in [5, 5.41) is 3.46. The number of nitrogens with one attached hydrogen (secondary N) is 1. The third kappa shape index (κ3) is 2.04. The van der Waals surface area contributed by atoms with E-state index in [4.69, 9.17) is 0 Å². The van der Waals surface area contributed by atoms with Crippen LogP contribution in [0.2, 0.25) is 0 Å². The molecule has 0 spiro atoms. The van der Waals surface area contributed by atoms with Gasteiger partial charge in [-0.3, -0.25) is 0 Å². The Hall–Kier alpha value is -2.03. The van der Waals surface area contributed by atoms with E-state index in [1.165, 1.54) is 29.8 Å². The molecule has 0 saturated heterocycles. The third-order valence-corrected chi connectivity index (χ3v) is 3.41. The van der Waals surface area contributed by atoms with Crippen LogP contribution in [0.25, 0.3) is 0 Å². The van der Waals surface area contributed by atoms with Crippen LogP contribution in [-0.4, -0.2) is 18.6 Å². The molecule has 1 aromatic carbocycles. The number of benzene rings is 1. The van der Waals surface area contributed by atoms with Crippen molar-refractivity contribution >= 4 is 17.2 Å². The lowest BCUT2D eigenvalue weighted by atomic mass is 10.0. The van der Waals surface area contributed by atoms with Gasteiger partial charge in [-0.2, -0.15) is 0 Å². The molecule has 0 saturated carbocycles. The Balaban J connectivity index is 1.93. The molecule has 0 bridgehead atoms. The number of aryl methyl sites for hydroxylation is 1. The molecule has 3 heteroatoms. The van der Waals surface area contributed by atoms with E-state index in [1.54, 1.807) is 0 Å². The first-order valence-electron chi connectivity index (χ1n) is 6.36. The predicted molar refractivity (Wildman–Crippen MR) is 75.6 cm³/mol. The summed E-state index contributed by atoms with van der Waals surface area (Å²) in [5.74, 6) is 0.966. The monoisotopic (exact) mass is 239 g/mol. The maximum Gasteiger partial charge on any atom is 0.132 e. The van der Waals surface area contributed by atoms with Crippen LogP contribution in [0.15, 0.2) is 42.6 Å². The minimum atomic E-state index is 0.966. The van der Waals surface area contributed by atoms with E-state index in [1.807, 2.05) is 31.4 Å². The Morgan fingerprint density at radius 3 is 3.00 bits per heavy atom. The maximum absolute atomic E-state index is 4.37. The molecule has 3 nitrogen and oxygen atoms in total. The van der Waals surface area contributed by atoms with Crippen molar-refractivity contribution in [2.24, 2.45) is 0 Å². The van der Waals surface area contributed by atoms with Crippen molar-refractivity contribution in [3.05, 3.63) is 48.2 Å². The summed E-state index contributed by atoms with van der Waals surface area (Å²) < 4.78 is 0. The maximum atomic E-state index is 4.37. The van der Waals surface area contributed by atoms with Crippen molar-refractivity contribution in [2.45, 2.75) is 12.8 Å². The van der Waals surface area contributed by atoms with Gasteiger partial charge in [0.1, 0.15) is 5.82 Å². The zero-order valence-electron chi connectivity index (χ0n) is 10.6. The topological polar surface area (TPSA) is 28.2 Å². The Labute approximate surface area is 107 Å². The second-order valence-electron chi connectivity index (χ2n) is 4.62. The van der Waals surface area contributed by atoms with Crippen molar-refractivity contribution in [3.63, 3.8) is 0 Å². The molecule has 2 heterocycles. The Kier molecular flexibility index (Phi) is 2.89. The first kappa shape index (κ1) is 11.1. The van der Waals surface area contributed by atoms with Crippen LogP contribution in [0.3, 0.4) is 0 Å². The minimum Gasteiger partial charge on any atom is -0.385 e. The van der Waals surface area contributed by atoms with E-state index < -0.39 is 0 Å². The van der Waals surface area contributed by atoms with E-state index >= 15 is 0 Å². The number of rotatable bonds is 2. The van der Waals surface area contributed by atoms with Gasteiger partial charge in [0, 0.05) is 31.2 Å². The number of pyridine rings is 1. The average molecular weight is 239 g/mol. The lowest BCUT2D eigenvalue weighted by Gasteiger charge is -2.23. The van der Waals surface area contributed by atoms with Crippen molar-refractivity contribution in [3.8, 4) is 0 Å². The van der Waals surface area contributed by atoms with Crippen molar-refractivity contribution in [2.75, 3.05) is 23.8 Å². The standard InChI is InChI=1S/C15H17N3/c1-18(15-6-2-3-9-17-15)13-8-7-12-5-4-10-16-14(12)11-13/h2-3,6-9,11,16H,4-5,10H2,1H3. The smallest absolute Gasteiger partial charge is 0.132 e. The highest BCUT2D eigenvalue weighted by molar-refractivity contribution is 5.67. The third-order valence-electron chi connectivity index (χ3n) is 3.41. The molecule has 0 fully saturated rings. The summed E-state index contributed by atoms with van der Waals surface area (Å²) in [4.78, 5) is 6.48. The van der Waals surface area contributed by atoms with E-state index in [2.05, 4.69) is 33.4 Å². The summed E-state index contributed by atoms with van der Waals surface area (Å²) in [6.07, 6.45) is 4.22. The number of anilines is 3. The molecule has 1 N–H and O–H groups in total. The van der Waals surface area contributed by atoms with Gasteiger partial charge in [0.15, 0.2) is 0 Å². The lowest BCUT2D eigenvalue weighted by Crippen LogP contribution is -2.14. The van der Waals surface area contributed by atoms with Gasteiger partial charge in [-0.25, -0.2) is 4.98 Å². The van der Waals surface area contributed by atoms with Gasteiger partial charge >= 0.3 is 0 Å². The first-order valence-corrected chi connectivity index (χ1v) is 6.36. The van der Waals surface area contributed by atoms with Crippen LogP contribution >= 0.6 is 0 Å². The van der Waals surface area contributed by atoms with Gasteiger partial charge in [0.25, 0.3) is 0 Å². The van der Waals surface area contributed by atoms with Crippen LogP contribution in [0.1, 0.15) is 12.0 Å².